The molecule has 9 heteroatoms. The first-order valence-electron chi connectivity index (χ1n) is 8.85. The maximum Gasteiger partial charge on any atom is 0.315 e. The molecule has 2 aromatic carbocycles. The third-order valence-electron chi connectivity index (χ3n) is 4.11. The fourth-order valence-electron chi connectivity index (χ4n) is 2.80. The largest absolute Gasteiger partial charge is 0.500 e. The van der Waals surface area contributed by atoms with E-state index in [2.05, 4.69) is 21.6 Å². The highest BCUT2D eigenvalue weighted by Crippen LogP contribution is 2.36. The molecule has 2 N–H and O–H groups in total. The number of thiazole rings is 1. The van der Waals surface area contributed by atoms with Crippen LogP contribution in [0.2, 0.25) is 0 Å². The third-order valence-corrected chi connectivity index (χ3v) is 4.86. The number of anilines is 1. The lowest BCUT2D eigenvalue weighted by Crippen LogP contribution is -1.98. The molecule has 0 unspecified atom stereocenters. The Labute approximate surface area is 171 Å². The predicted octanol–water partition coefficient (Wildman–Crippen LogP) is 4.89. The molecule has 150 valence electrons. The van der Waals surface area contributed by atoms with Crippen molar-refractivity contribution in [2.24, 2.45) is 5.10 Å². The van der Waals surface area contributed by atoms with Crippen LogP contribution < -0.4 is 10.2 Å². The summed E-state index contributed by atoms with van der Waals surface area (Å²) in [5, 5.41) is 27.7. The Morgan fingerprint density at radius 3 is 2.83 bits per heavy atom. The van der Waals surface area contributed by atoms with Gasteiger partial charge in [0.15, 0.2) is 5.75 Å². The summed E-state index contributed by atoms with van der Waals surface area (Å²) in [7, 11) is 0. The molecular weight excluding hydrogens is 392 g/mol. The number of phenols is 1. The fourth-order valence-corrected chi connectivity index (χ4v) is 3.46. The predicted molar refractivity (Wildman–Crippen MR) is 114 cm³/mol. The summed E-state index contributed by atoms with van der Waals surface area (Å²) in [5.74, 6) is -0.463. The molecule has 0 bridgehead atoms. The van der Waals surface area contributed by atoms with Crippen LogP contribution in [-0.2, 0) is 0 Å². The number of nitrogens with zero attached hydrogens (tertiary/aromatic N) is 3. The number of nitro groups is 1. The minimum Gasteiger partial charge on any atom is -0.500 e. The van der Waals surface area contributed by atoms with Crippen molar-refractivity contribution in [2.45, 2.75) is 20.8 Å². The lowest BCUT2D eigenvalue weighted by Gasteiger charge is -2.07. The van der Waals surface area contributed by atoms with E-state index in [1.807, 2.05) is 31.4 Å². The van der Waals surface area contributed by atoms with Crippen LogP contribution in [-0.4, -0.2) is 27.8 Å². The minimum absolute atomic E-state index is 0.0366. The van der Waals surface area contributed by atoms with E-state index in [9.17, 15) is 15.2 Å². The number of benzene rings is 2. The van der Waals surface area contributed by atoms with Crippen molar-refractivity contribution < 1.29 is 14.8 Å². The number of aryl methyl sites for hydroxylation is 2. The average Bonchev–Trinajstić information content (AvgIpc) is 3.12. The van der Waals surface area contributed by atoms with Gasteiger partial charge in [-0.1, -0.05) is 23.8 Å². The van der Waals surface area contributed by atoms with Gasteiger partial charge < -0.3 is 9.84 Å². The van der Waals surface area contributed by atoms with Gasteiger partial charge in [-0.25, -0.2) is 4.98 Å². The highest BCUT2D eigenvalue weighted by molar-refractivity contribution is 7.14. The van der Waals surface area contributed by atoms with Crippen LogP contribution in [0, 0.1) is 24.0 Å². The third kappa shape index (κ3) is 4.69. The number of nitro benzene ring substituents is 1. The molecule has 1 heterocycles. The van der Waals surface area contributed by atoms with E-state index in [1.54, 1.807) is 6.92 Å². The van der Waals surface area contributed by atoms with Crippen molar-refractivity contribution >= 4 is 28.4 Å². The van der Waals surface area contributed by atoms with Crippen LogP contribution >= 0.6 is 11.3 Å². The molecule has 0 amide bonds. The van der Waals surface area contributed by atoms with Gasteiger partial charge >= 0.3 is 5.69 Å². The Morgan fingerprint density at radius 2 is 2.14 bits per heavy atom. The second-order valence-electron chi connectivity index (χ2n) is 6.30. The molecule has 0 radical (unpaired) electrons. The standard InChI is InChI=1S/C20H20N4O4S/c1-4-28-18-9-14(8-17(19(18)25)24(26)27)10-21-23-20-22-16(11-29-20)15-6-5-12(2)7-13(15)3/h5-11,25H,4H2,1-3H3,(H,22,23)/b21-10-. The average molecular weight is 412 g/mol. The van der Waals surface area contributed by atoms with E-state index in [-0.39, 0.29) is 12.4 Å². The first-order valence-corrected chi connectivity index (χ1v) is 9.73. The molecule has 0 aliphatic carbocycles. The highest BCUT2D eigenvalue weighted by Gasteiger charge is 2.19. The summed E-state index contributed by atoms with van der Waals surface area (Å²) in [6.45, 7) is 6.08. The van der Waals surface area contributed by atoms with Gasteiger partial charge in [-0.15, -0.1) is 11.3 Å². The van der Waals surface area contributed by atoms with Gasteiger partial charge in [0, 0.05) is 22.6 Å². The summed E-state index contributed by atoms with van der Waals surface area (Å²) >= 11 is 1.41. The Bertz CT molecular complexity index is 1080. The summed E-state index contributed by atoms with van der Waals surface area (Å²) in [6, 6.07) is 8.90. The Morgan fingerprint density at radius 1 is 1.34 bits per heavy atom. The van der Waals surface area contributed by atoms with E-state index in [0.29, 0.717) is 10.7 Å². The van der Waals surface area contributed by atoms with Crippen molar-refractivity contribution in [3.63, 3.8) is 0 Å². The van der Waals surface area contributed by atoms with E-state index in [1.165, 1.54) is 35.2 Å². The molecule has 1 aromatic heterocycles. The van der Waals surface area contributed by atoms with Crippen LogP contribution in [0.25, 0.3) is 11.3 Å². The van der Waals surface area contributed by atoms with E-state index < -0.39 is 16.4 Å². The smallest absolute Gasteiger partial charge is 0.315 e. The molecule has 29 heavy (non-hydrogen) atoms. The van der Waals surface area contributed by atoms with Crippen molar-refractivity contribution in [1.82, 2.24) is 4.98 Å². The van der Waals surface area contributed by atoms with Crippen LogP contribution in [0.5, 0.6) is 11.5 Å². The molecule has 8 nitrogen and oxygen atoms in total. The maximum absolute atomic E-state index is 11.1. The molecular formula is C20H20N4O4S. The van der Waals surface area contributed by atoms with E-state index in [0.717, 1.165) is 16.8 Å². The zero-order valence-electron chi connectivity index (χ0n) is 16.2. The summed E-state index contributed by atoms with van der Waals surface area (Å²) in [5.41, 5.74) is 7.05. The van der Waals surface area contributed by atoms with E-state index in [4.69, 9.17) is 4.74 Å². The number of hydrogen-bond donors (Lipinski definition) is 2. The summed E-state index contributed by atoms with van der Waals surface area (Å²) in [6.07, 6.45) is 1.41. The van der Waals surface area contributed by atoms with E-state index >= 15 is 0 Å². The number of hydrazone groups is 1. The maximum atomic E-state index is 11.1. The van der Waals surface area contributed by atoms with Crippen LogP contribution in [0.15, 0.2) is 40.8 Å². The molecule has 0 spiro atoms. The molecule has 0 saturated heterocycles. The fraction of sp³-hybridized carbons (Fsp3) is 0.200. The Balaban J connectivity index is 1.78. The number of aromatic nitrogens is 1. The number of aromatic hydroxyl groups is 1. The van der Waals surface area contributed by atoms with Gasteiger partial charge in [-0.05, 0) is 32.4 Å². The number of phenolic OH excluding ortho intramolecular Hbond substituents is 1. The molecule has 0 aliphatic heterocycles. The van der Waals surface area contributed by atoms with Gasteiger partial charge in [0.25, 0.3) is 0 Å². The quantitative estimate of drug-likeness (QED) is 0.325. The zero-order valence-corrected chi connectivity index (χ0v) is 17.0. The number of rotatable bonds is 7. The second kappa shape index (κ2) is 8.70. The van der Waals surface area contributed by atoms with Gasteiger partial charge in [0.2, 0.25) is 10.9 Å². The Hall–Kier alpha value is -3.46. The molecule has 3 rings (SSSR count). The van der Waals surface area contributed by atoms with Crippen LogP contribution in [0.4, 0.5) is 10.8 Å². The van der Waals surface area contributed by atoms with Crippen LogP contribution in [0.1, 0.15) is 23.6 Å². The minimum atomic E-state index is -0.667. The van der Waals surface area contributed by atoms with Crippen molar-refractivity contribution in [3.05, 3.63) is 62.5 Å². The van der Waals surface area contributed by atoms with Crippen molar-refractivity contribution in [2.75, 3.05) is 12.0 Å². The molecule has 0 fully saturated rings. The second-order valence-corrected chi connectivity index (χ2v) is 7.16. The van der Waals surface area contributed by atoms with Gasteiger partial charge in [0.05, 0.1) is 23.4 Å². The first kappa shape index (κ1) is 20.3. The van der Waals surface area contributed by atoms with Gasteiger partial charge in [-0.2, -0.15) is 5.10 Å². The first-order chi connectivity index (χ1) is 13.9. The monoisotopic (exact) mass is 412 g/mol. The van der Waals surface area contributed by atoms with Crippen LogP contribution in [0.3, 0.4) is 0 Å². The normalized spacial score (nSPS) is 11.0. The molecule has 3 aromatic rings. The van der Waals surface area contributed by atoms with Crippen molar-refractivity contribution in [3.8, 4) is 22.8 Å². The highest BCUT2D eigenvalue weighted by atomic mass is 32.1. The van der Waals surface area contributed by atoms with Gasteiger partial charge in [0.1, 0.15) is 0 Å². The SMILES string of the molecule is CCOc1cc(/C=N\Nc2nc(-c3ccc(C)cc3C)cs2)cc([N+](=O)[O-])c1O. The molecule has 0 saturated carbocycles. The lowest BCUT2D eigenvalue weighted by atomic mass is 10.0. The Kier molecular flexibility index (Phi) is 6.08. The summed E-state index contributed by atoms with van der Waals surface area (Å²) < 4.78 is 5.26. The lowest BCUT2D eigenvalue weighted by molar-refractivity contribution is -0.386. The molecule has 0 aliphatic rings. The zero-order chi connectivity index (χ0) is 21.0. The topological polar surface area (TPSA) is 110 Å². The van der Waals surface area contributed by atoms with Crippen molar-refractivity contribution in [1.29, 1.82) is 0 Å². The number of nitrogens with one attached hydrogen (secondary N) is 1. The molecule has 0 atom stereocenters. The summed E-state index contributed by atoms with van der Waals surface area (Å²) in [4.78, 5) is 15.0. The number of hydrogen-bond acceptors (Lipinski definition) is 8. The van der Waals surface area contributed by atoms with Gasteiger partial charge in [-0.3, -0.25) is 15.5 Å². The number of ether oxygens (including phenoxy) is 1.